The molecule has 0 spiro atoms. The highest BCUT2D eigenvalue weighted by molar-refractivity contribution is 5.97. The van der Waals surface area contributed by atoms with Gasteiger partial charge in [-0.3, -0.25) is 9.69 Å². The minimum Gasteiger partial charge on any atom is -0.496 e. The molecule has 1 amide bonds. The highest BCUT2D eigenvalue weighted by Gasteiger charge is 2.26. The first-order valence-corrected chi connectivity index (χ1v) is 13.7. The Morgan fingerprint density at radius 1 is 0.923 bits per heavy atom. The van der Waals surface area contributed by atoms with Crippen molar-refractivity contribution in [3.8, 4) is 11.8 Å². The molecule has 0 bridgehead atoms. The zero-order valence-corrected chi connectivity index (χ0v) is 22.6. The maximum Gasteiger partial charge on any atom is 0.257 e. The van der Waals surface area contributed by atoms with Gasteiger partial charge in [0, 0.05) is 51.5 Å². The van der Waals surface area contributed by atoms with Gasteiger partial charge in [-0.15, -0.1) is 0 Å². The Bertz CT molecular complexity index is 1290. The number of ether oxygens (including phenoxy) is 2. The molecule has 3 aromatic rings. The van der Waals surface area contributed by atoms with Gasteiger partial charge in [0.2, 0.25) is 0 Å². The van der Waals surface area contributed by atoms with Gasteiger partial charge < -0.3 is 19.3 Å². The molecular formula is C32H36N4O3. The monoisotopic (exact) mass is 524 g/mol. The molecule has 0 aromatic heterocycles. The van der Waals surface area contributed by atoms with E-state index < -0.39 is 0 Å². The van der Waals surface area contributed by atoms with Crippen molar-refractivity contribution in [2.45, 2.75) is 25.6 Å². The van der Waals surface area contributed by atoms with Crippen LogP contribution in [0.15, 0.2) is 72.8 Å². The third kappa shape index (κ3) is 6.59. The number of carbonyl (C=O) groups excluding carboxylic acids is 1. The molecular weight excluding hydrogens is 488 g/mol. The smallest absolute Gasteiger partial charge is 0.257 e. The fourth-order valence-electron chi connectivity index (χ4n) is 5.38. The van der Waals surface area contributed by atoms with Gasteiger partial charge in [-0.2, -0.15) is 5.26 Å². The lowest BCUT2D eigenvalue weighted by Crippen LogP contribution is -2.49. The zero-order chi connectivity index (χ0) is 27.0. The van der Waals surface area contributed by atoms with Gasteiger partial charge in [-0.05, 0) is 60.4 Å². The van der Waals surface area contributed by atoms with Crippen LogP contribution in [0.2, 0.25) is 0 Å². The summed E-state index contributed by atoms with van der Waals surface area (Å²) in [6.45, 7) is 6.30. The Balaban J connectivity index is 1.27. The molecule has 2 heterocycles. The number of nitriles is 1. The Morgan fingerprint density at radius 2 is 1.67 bits per heavy atom. The molecule has 0 N–H and O–H groups in total. The van der Waals surface area contributed by atoms with Crippen molar-refractivity contribution in [2.24, 2.45) is 0 Å². The second-order valence-electron chi connectivity index (χ2n) is 10.2. The molecule has 2 saturated heterocycles. The van der Waals surface area contributed by atoms with E-state index in [1.165, 1.54) is 24.1 Å². The van der Waals surface area contributed by atoms with Crippen molar-refractivity contribution in [3.05, 3.63) is 95.1 Å². The van der Waals surface area contributed by atoms with E-state index in [0.29, 0.717) is 36.6 Å². The molecule has 7 nitrogen and oxygen atoms in total. The predicted molar refractivity (Wildman–Crippen MR) is 152 cm³/mol. The number of benzene rings is 3. The Morgan fingerprint density at radius 3 is 2.38 bits per heavy atom. The van der Waals surface area contributed by atoms with Crippen molar-refractivity contribution < 1.29 is 14.3 Å². The predicted octanol–water partition coefficient (Wildman–Crippen LogP) is 4.88. The summed E-state index contributed by atoms with van der Waals surface area (Å²) in [5, 5.41) is 9.12. The number of nitrogens with zero attached hydrogens (tertiary/aromatic N) is 4. The number of methoxy groups -OCH3 is 1. The number of anilines is 1. The lowest BCUT2D eigenvalue weighted by Gasteiger charge is -2.36. The molecule has 0 unspecified atom stereocenters. The number of hydrogen-bond acceptors (Lipinski definition) is 6. The molecule has 0 aliphatic carbocycles. The van der Waals surface area contributed by atoms with E-state index in [4.69, 9.17) is 14.7 Å². The van der Waals surface area contributed by atoms with E-state index >= 15 is 0 Å². The number of carbonyl (C=O) groups is 1. The van der Waals surface area contributed by atoms with Gasteiger partial charge in [0.15, 0.2) is 0 Å². The van der Waals surface area contributed by atoms with E-state index in [0.717, 1.165) is 38.3 Å². The Labute approximate surface area is 231 Å². The van der Waals surface area contributed by atoms with Gasteiger partial charge in [0.05, 0.1) is 37.0 Å². The summed E-state index contributed by atoms with van der Waals surface area (Å²) < 4.78 is 12.0. The lowest BCUT2D eigenvalue weighted by atomic mass is 10.1. The Hall–Kier alpha value is -3.86. The summed E-state index contributed by atoms with van der Waals surface area (Å²) in [6, 6.07) is 25.9. The molecule has 0 saturated carbocycles. The van der Waals surface area contributed by atoms with Crippen LogP contribution < -0.4 is 9.64 Å². The molecule has 202 valence electrons. The highest BCUT2D eigenvalue weighted by atomic mass is 16.5. The third-order valence-corrected chi connectivity index (χ3v) is 7.67. The standard InChI is InChI=1S/C32H36N4O3/c1-38-30-10-3-2-9-29(30)32(37)36-19-17-34(18-20-36)23-31(39-24-26-13-11-25(22-33)12-14-26)27-7-6-8-28(21-27)35-15-4-5-16-35/h2-3,6-14,21,31H,4-5,15-20,23-24H2,1H3/t31-/m0/s1. The van der Waals surface area contributed by atoms with E-state index in [1.807, 2.05) is 53.4 Å². The largest absolute Gasteiger partial charge is 0.496 e. The van der Waals surface area contributed by atoms with Crippen LogP contribution in [0, 0.1) is 11.3 Å². The van der Waals surface area contributed by atoms with Crippen molar-refractivity contribution in [2.75, 3.05) is 57.8 Å². The summed E-state index contributed by atoms with van der Waals surface area (Å²) in [4.78, 5) is 19.9. The van der Waals surface area contributed by atoms with Gasteiger partial charge in [-0.25, -0.2) is 0 Å². The molecule has 5 rings (SSSR count). The quantitative estimate of drug-likeness (QED) is 0.397. The second-order valence-corrected chi connectivity index (χ2v) is 10.2. The number of para-hydroxylation sites is 1. The summed E-state index contributed by atoms with van der Waals surface area (Å²) >= 11 is 0. The van der Waals surface area contributed by atoms with E-state index in [-0.39, 0.29) is 12.0 Å². The lowest BCUT2D eigenvalue weighted by molar-refractivity contribution is 0.00341. The maximum atomic E-state index is 13.2. The average molecular weight is 525 g/mol. The summed E-state index contributed by atoms with van der Waals surface area (Å²) in [5.74, 6) is 0.623. The highest BCUT2D eigenvalue weighted by Crippen LogP contribution is 2.28. The van der Waals surface area contributed by atoms with Crippen LogP contribution in [0.3, 0.4) is 0 Å². The molecule has 39 heavy (non-hydrogen) atoms. The molecule has 0 radical (unpaired) electrons. The zero-order valence-electron chi connectivity index (χ0n) is 22.6. The molecule has 2 aliphatic heterocycles. The number of amides is 1. The van der Waals surface area contributed by atoms with E-state index in [1.54, 1.807) is 7.11 Å². The van der Waals surface area contributed by atoms with Crippen molar-refractivity contribution in [1.82, 2.24) is 9.80 Å². The molecule has 2 aliphatic rings. The average Bonchev–Trinajstić information content (AvgIpc) is 3.55. The van der Waals surface area contributed by atoms with E-state index in [2.05, 4.69) is 40.1 Å². The maximum absolute atomic E-state index is 13.2. The van der Waals surface area contributed by atoms with Gasteiger partial charge in [0.25, 0.3) is 5.91 Å². The van der Waals surface area contributed by atoms with Gasteiger partial charge >= 0.3 is 0 Å². The minimum atomic E-state index is -0.111. The van der Waals surface area contributed by atoms with Gasteiger partial charge in [0.1, 0.15) is 5.75 Å². The van der Waals surface area contributed by atoms with Crippen LogP contribution in [0.4, 0.5) is 5.69 Å². The fraction of sp³-hybridized carbons (Fsp3) is 0.375. The first-order valence-electron chi connectivity index (χ1n) is 13.7. The minimum absolute atomic E-state index is 0.0130. The Kier molecular flexibility index (Phi) is 8.77. The first kappa shape index (κ1) is 26.7. The molecule has 2 fully saturated rings. The summed E-state index contributed by atoms with van der Waals surface area (Å²) in [6.07, 6.45) is 2.36. The normalized spacial score (nSPS) is 16.6. The first-order chi connectivity index (χ1) is 19.1. The van der Waals surface area contributed by atoms with E-state index in [9.17, 15) is 4.79 Å². The third-order valence-electron chi connectivity index (χ3n) is 7.67. The fourth-order valence-corrected chi connectivity index (χ4v) is 5.38. The number of piperazine rings is 1. The second kappa shape index (κ2) is 12.8. The number of hydrogen-bond donors (Lipinski definition) is 0. The van der Waals surface area contributed by atoms with Crippen LogP contribution >= 0.6 is 0 Å². The topological polar surface area (TPSA) is 69.0 Å². The molecule has 3 aromatic carbocycles. The van der Waals surface area contributed by atoms with Gasteiger partial charge in [-0.1, -0.05) is 36.4 Å². The van der Waals surface area contributed by atoms with Crippen molar-refractivity contribution in [1.29, 1.82) is 5.26 Å². The van der Waals surface area contributed by atoms with Crippen LogP contribution in [-0.4, -0.2) is 68.6 Å². The van der Waals surface area contributed by atoms with Crippen LogP contribution in [0.5, 0.6) is 5.75 Å². The van der Waals surface area contributed by atoms with Crippen molar-refractivity contribution >= 4 is 11.6 Å². The van der Waals surface area contributed by atoms with Crippen LogP contribution in [0.25, 0.3) is 0 Å². The van der Waals surface area contributed by atoms with Crippen molar-refractivity contribution in [3.63, 3.8) is 0 Å². The van der Waals surface area contributed by atoms with Crippen LogP contribution in [-0.2, 0) is 11.3 Å². The summed E-state index contributed by atoms with van der Waals surface area (Å²) in [5.41, 5.74) is 4.72. The van der Waals surface area contributed by atoms with Crippen LogP contribution in [0.1, 0.15) is 46.0 Å². The SMILES string of the molecule is COc1ccccc1C(=O)N1CCN(C[C@H](OCc2ccc(C#N)cc2)c2cccc(N3CCCC3)c2)CC1. The molecule has 7 heteroatoms. The number of rotatable bonds is 9. The summed E-state index contributed by atoms with van der Waals surface area (Å²) in [7, 11) is 1.60. The molecule has 1 atom stereocenters.